The third-order valence-corrected chi connectivity index (χ3v) is 1.76. The SMILES string of the molecule is Cl[SiH](Cl)Cl.FCC(F)(F)C(F)(F)c1ccccc1. The van der Waals surface area contributed by atoms with Gasteiger partial charge in [-0.3, -0.25) is 0 Å². The van der Waals surface area contributed by atoms with E-state index in [0.29, 0.717) is 0 Å². The summed E-state index contributed by atoms with van der Waals surface area (Å²) in [7, 11) is 0. The van der Waals surface area contributed by atoms with Gasteiger partial charge in [0.2, 0.25) is 0 Å². The lowest BCUT2D eigenvalue weighted by molar-refractivity contribution is -0.222. The Hall–Kier alpha value is -0.0431. The van der Waals surface area contributed by atoms with Crippen LogP contribution in [0.4, 0.5) is 22.0 Å². The first kappa shape index (κ1) is 18.0. The molecule has 0 heterocycles. The van der Waals surface area contributed by atoms with E-state index in [0.717, 1.165) is 12.1 Å². The molecule has 0 amide bonds. The maximum absolute atomic E-state index is 12.9. The summed E-state index contributed by atoms with van der Waals surface area (Å²) in [4.78, 5) is 0. The third-order valence-electron chi connectivity index (χ3n) is 1.76. The largest absolute Gasteiger partial charge is 0.342 e. The molecule has 0 aliphatic rings. The zero-order valence-corrected chi connectivity index (χ0v) is 12.1. The van der Waals surface area contributed by atoms with Gasteiger partial charge >= 0.3 is 18.6 Å². The van der Waals surface area contributed by atoms with E-state index in [1.807, 2.05) is 0 Å². The molecule has 0 fully saturated rings. The Morgan fingerprint density at radius 3 is 1.67 bits per heavy atom. The summed E-state index contributed by atoms with van der Waals surface area (Å²) in [5.41, 5.74) is -0.886. The fourth-order valence-electron chi connectivity index (χ4n) is 0.943. The van der Waals surface area contributed by atoms with Crippen LogP contribution in [0.2, 0.25) is 0 Å². The fraction of sp³-hybridized carbons (Fsp3) is 0.333. The van der Waals surface area contributed by atoms with Crippen LogP contribution in [0.3, 0.4) is 0 Å². The zero-order chi connectivity index (χ0) is 14.4. The van der Waals surface area contributed by atoms with E-state index in [1.165, 1.54) is 18.2 Å². The topological polar surface area (TPSA) is 0 Å². The molecule has 0 radical (unpaired) electrons. The van der Waals surface area contributed by atoms with E-state index in [2.05, 4.69) is 0 Å². The standard InChI is InChI=1S/C9H7F5.Cl3HSi/c10-6-8(11,12)9(13,14)7-4-2-1-3-5-7;1-4(2)3/h1-5H,6H2;4H. The summed E-state index contributed by atoms with van der Waals surface area (Å²) < 4.78 is 62.6. The minimum atomic E-state index is -4.66. The molecule has 18 heavy (non-hydrogen) atoms. The number of hydrogen-bond donors (Lipinski definition) is 0. The molecule has 0 saturated carbocycles. The Balaban J connectivity index is 0.000000631. The van der Waals surface area contributed by atoms with Crippen molar-refractivity contribution in [3.8, 4) is 0 Å². The van der Waals surface area contributed by atoms with Gasteiger partial charge in [0.15, 0.2) is 6.67 Å². The van der Waals surface area contributed by atoms with Crippen molar-refractivity contribution in [1.29, 1.82) is 0 Å². The van der Waals surface area contributed by atoms with E-state index in [1.54, 1.807) is 0 Å². The zero-order valence-electron chi connectivity index (χ0n) is 8.69. The van der Waals surface area contributed by atoms with Crippen molar-refractivity contribution >= 4 is 40.0 Å². The van der Waals surface area contributed by atoms with Gasteiger partial charge in [0, 0.05) is 5.56 Å². The molecule has 9 heteroatoms. The molecule has 1 aromatic carbocycles. The summed E-state index contributed by atoms with van der Waals surface area (Å²) in [6.07, 6.45) is 0. The van der Waals surface area contributed by atoms with Crippen LogP contribution in [-0.4, -0.2) is 19.3 Å². The average Bonchev–Trinajstić information content (AvgIpc) is 2.29. The molecule has 0 spiro atoms. The van der Waals surface area contributed by atoms with E-state index in [9.17, 15) is 22.0 Å². The fourth-order valence-corrected chi connectivity index (χ4v) is 0.943. The highest BCUT2D eigenvalue weighted by atomic mass is 35.8. The molecule has 0 aromatic heterocycles. The molecule has 1 aromatic rings. The van der Waals surface area contributed by atoms with Gasteiger partial charge in [0.25, 0.3) is 0 Å². The Bertz CT molecular complexity index is 345. The van der Waals surface area contributed by atoms with Gasteiger partial charge in [0.1, 0.15) is 0 Å². The maximum Gasteiger partial charge on any atom is 0.342 e. The lowest BCUT2D eigenvalue weighted by Crippen LogP contribution is -2.39. The van der Waals surface area contributed by atoms with Crippen LogP contribution in [0, 0.1) is 0 Å². The second kappa shape index (κ2) is 7.52. The minimum absolute atomic E-state index is 0.837. The number of halogens is 8. The Morgan fingerprint density at radius 2 is 1.33 bits per heavy atom. The molecule has 0 aliphatic carbocycles. The molecule has 0 saturated heterocycles. The summed E-state index contributed by atoms with van der Waals surface area (Å²) in [6, 6.07) is 5.47. The Kier molecular flexibility index (Phi) is 7.50. The molecule has 1 rings (SSSR count). The molecule has 0 N–H and O–H groups in total. The number of alkyl halides is 5. The van der Waals surface area contributed by atoms with Gasteiger partial charge in [-0.2, -0.15) is 17.6 Å². The van der Waals surface area contributed by atoms with Gasteiger partial charge < -0.3 is 0 Å². The lowest BCUT2D eigenvalue weighted by atomic mass is 10.0. The smallest absolute Gasteiger partial charge is 0.244 e. The first-order chi connectivity index (χ1) is 8.15. The summed E-state index contributed by atoms with van der Waals surface area (Å²) in [5, 5.41) is 0. The molecule has 0 atom stereocenters. The predicted octanol–water partition coefficient (Wildman–Crippen LogP) is 4.80. The predicted molar refractivity (Wildman–Crippen MR) is 66.0 cm³/mol. The summed E-state index contributed by atoms with van der Waals surface area (Å²) in [6.45, 7) is -4.10. The molecule has 0 nitrogen and oxygen atoms in total. The quantitative estimate of drug-likeness (QED) is 0.419. The van der Waals surface area contributed by atoms with Crippen molar-refractivity contribution in [2.45, 2.75) is 11.8 Å². The van der Waals surface area contributed by atoms with Crippen molar-refractivity contribution in [3.63, 3.8) is 0 Å². The van der Waals surface area contributed by atoms with Crippen LogP contribution in [0.25, 0.3) is 0 Å². The maximum atomic E-state index is 12.9. The highest BCUT2D eigenvalue weighted by Gasteiger charge is 2.57. The van der Waals surface area contributed by atoms with Crippen LogP contribution >= 0.6 is 33.2 Å². The van der Waals surface area contributed by atoms with E-state index < -0.39 is 30.8 Å². The van der Waals surface area contributed by atoms with Crippen LogP contribution < -0.4 is 0 Å². The molecular weight excluding hydrogens is 338 g/mol. The van der Waals surface area contributed by atoms with Crippen LogP contribution in [0.1, 0.15) is 5.56 Å². The number of rotatable bonds is 3. The van der Waals surface area contributed by atoms with Gasteiger partial charge in [-0.05, 0) is 0 Å². The van der Waals surface area contributed by atoms with Crippen molar-refractivity contribution in [2.75, 3.05) is 6.67 Å². The van der Waals surface area contributed by atoms with Crippen molar-refractivity contribution in [3.05, 3.63) is 35.9 Å². The normalized spacial score (nSPS) is 12.1. The molecule has 0 unspecified atom stereocenters. The van der Waals surface area contributed by atoms with E-state index in [-0.39, 0.29) is 0 Å². The Morgan fingerprint density at radius 1 is 0.944 bits per heavy atom. The molecular formula is C9H8Cl3F5Si. The highest BCUT2D eigenvalue weighted by Crippen LogP contribution is 2.42. The first-order valence-electron chi connectivity index (χ1n) is 4.44. The minimum Gasteiger partial charge on any atom is -0.244 e. The van der Waals surface area contributed by atoms with Crippen molar-refractivity contribution in [2.24, 2.45) is 0 Å². The lowest BCUT2D eigenvalue weighted by Gasteiger charge is -2.24. The van der Waals surface area contributed by atoms with Gasteiger partial charge in [-0.15, -0.1) is 33.2 Å². The first-order valence-corrected chi connectivity index (χ1v) is 9.68. The highest BCUT2D eigenvalue weighted by molar-refractivity contribution is 7.54. The summed E-state index contributed by atoms with van der Waals surface area (Å²) >= 11 is 14.8. The van der Waals surface area contributed by atoms with E-state index >= 15 is 0 Å². The van der Waals surface area contributed by atoms with Crippen LogP contribution in [-0.2, 0) is 5.92 Å². The van der Waals surface area contributed by atoms with Crippen molar-refractivity contribution < 1.29 is 22.0 Å². The second-order valence-corrected chi connectivity index (χ2v) is 9.46. The molecule has 0 bridgehead atoms. The molecule has 104 valence electrons. The van der Waals surface area contributed by atoms with Gasteiger partial charge in [0.05, 0.1) is 0 Å². The van der Waals surface area contributed by atoms with Gasteiger partial charge in [-0.25, -0.2) is 4.39 Å². The summed E-state index contributed by atoms with van der Waals surface area (Å²) in [5.74, 6) is -9.13. The number of benzene rings is 1. The number of hydrogen-bond acceptors (Lipinski definition) is 0. The monoisotopic (exact) mass is 344 g/mol. The molecule has 0 aliphatic heterocycles. The Labute approximate surface area is 116 Å². The second-order valence-electron chi connectivity index (χ2n) is 3.03. The van der Waals surface area contributed by atoms with E-state index in [4.69, 9.17) is 33.2 Å². The van der Waals surface area contributed by atoms with Crippen LogP contribution in [0.5, 0.6) is 0 Å². The van der Waals surface area contributed by atoms with Gasteiger partial charge in [-0.1, -0.05) is 30.3 Å². The van der Waals surface area contributed by atoms with Crippen LogP contribution in [0.15, 0.2) is 30.3 Å². The third kappa shape index (κ3) is 5.30. The van der Waals surface area contributed by atoms with Crippen molar-refractivity contribution in [1.82, 2.24) is 0 Å². The average molecular weight is 346 g/mol.